The smallest absolute Gasteiger partial charge is 0.128 e. The molecule has 0 heterocycles. The van der Waals surface area contributed by atoms with Crippen molar-refractivity contribution in [1.82, 2.24) is 0 Å². The highest BCUT2D eigenvalue weighted by atomic mass is 16.5. The molecule has 0 saturated carbocycles. The van der Waals surface area contributed by atoms with Crippen molar-refractivity contribution in [3.63, 3.8) is 0 Å². The second-order valence-electron chi connectivity index (χ2n) is 6.11. The first-order chi connectivity index (χ1) is 12.3. The summed E-state index contributed by atoms with van der Waals surface area (Å²) in [5.74, 6) is 0.664. The van der Waals surface area contributed by atoms with E-state index in [1.807, 2.05) is 30.3 Å². The summed E-state index contributed by atoms with van der Waals surface area (Å²) >= 11 is 0. The predicted octanol–water partition coefficient (Wildman–Crippen LogP) is 5.36. The zero-order valence-corrected chi connectivity index (χ0v) is 14.8. The molecule has 0 amide bonds. The van der Waals surface area contributed by atoms with E-state index >= 15 is 0 Å². The van der Waals surface area contributed by atoms with E-state index in [0.717, 1.165) is 12.0 Å². The molecule has 0 saturated heterocycles. The molecule has 4 heteroatoms. The lowest BCUT2D eigenvalue weighted by Crippen LogP contribution is -2.04. The van der Waals surface area contributed by atoms with Crippen LogP contribution in [0, 0.1) is 0 Å². The molecule has 2 aromatic rings. The highest BCUT2D eigenvalue weighted by molar-refractivity contribution is 6.14. The first kappa shape index (κ1) is 18.8. The number of nitrogens with zero attached hydrogens (tertiary/aromatic N) is 1. The Morgan fingerprint density at radius 1 is 0.960 bits per heavy atom. The van der Waals surface area contributed by atoms with Crippen molar-refractivity contribution in [1.29, 1.82) is 0 Å². The minimum Gasteiger partial charge on any atom is -0.507 e. The zero-order valence-electron chi connectivity index (χ0n) is 14.8. The normalized spacial score (nSPS) is 11.5. The number of aromatic hydroxyl groups is 1. The number of hydrogen-bond donors (Lipinski definition) is 2. The SMILES string of the molecule is CCCCCCCCOc1ccc(C(=NO)c2ccccc2)c(O)c1. The van der Waals surface area contributed by atoms with Gasteiger partial charge in [-0.1, -0.05) is 74.5 Å². The second-order valence-corrected chi connectivity index (χ2v) is 6.11. The molecule has 0 aliphatic carbocycles. The Kier molecular flexibility index (Phi) is 7.83. The molecule has 0 radical (unpaired) electrons. The van der Waals surface area contributed by atoms with E-state index in [1.54, 1.807) is 18.2 Å². The van der Waals surface area contributed by atoms with Gasteiger partial charge in [0.2, 0.25) is 0 Å². The Morgan fingerprint density at radius 2 is 1.68 bits per heavy atom. The fraction of sp³-hybridized carbons (Fsp3) is 0.381. The van der Waals surface area contributed by atoms with Crippen LogP contribution in [0.3, 0.4) is 0 Å². The molecular formula is C21H27NO3. The van der Waals surface area contributed by atoms with E-state index in [2.05, 4.69) is 12.1 Å². The Balaban J connectivity index is 1.92. The quantitative estimate of drug-likeness (QED) is 0.265. The molecule has 0 fully saturated rings. The number of phenols is 1. The van der Waals surface area contributed by atoms with E-state index in [4.69, 9.17) is 4.74 Å². The average molecular weight is 341 g/mol. The zero-order chi connectivity index (χ0) is 17.9. The minimum atomic E-state index is 0.0390. The number of rotatable bonds is 10. The van der Waals surface area contributed by atoms with Gasteiger partial charge >= 0.3 is 0 Å². The van der Waals surface area contributed by atoms with Gasteiger partial charge < -0.3 is 15.1 Å². The van der Waals surface area contributed by atoms with Crippen molar-refractivity contribution in [2.24, 2.45) is 5.16 Å². The molecule has 2 rings (SSSR count). The maximum absolute atomic E-state index is 10.3. The van der Waals surface area contributed by atoms with Crippen molar-refractivity contribution in [3.05, 3.63) is 59.7 Å². The van der Waals surface area contributed by atoms with E-state index in [9.17, 15) is 10.3 Å². The number of benzene rings is 2. The van der Waals surface area contributed by atoms with Gasteiger partial charge in [0.15, 0.2) is 0 Å². The van der Waals surface area contributed by atoms with Crippen LogP contribution in [0.2, 0.25) is 0 Å². The lowest BCUT2D eigenvalue weighted by atomic mass is 10.0. The number of ether oxygens (including phenoxy) is 1. The maximum atomic E-state index is 10.3. The van der Waals surface area contributed by atoms with Gasteiger partial charge in [0.05, 0.1) is 6.61 Å². The van der Waals surface area contributed by atoms with E-state index in [0.29, 0.717) is 23.6 Å². The van der Waals surface area contributed by atoms with E-state index < -0.39 is 0 Å². The fourth-order valence-electron chi connectivity index (χ4n) is 2.74. The summed E-state index contributed by atoms with van der Waals surface area (Å²) in [6, 6.07) is 14.3. The molecule has 4 nitrogen and oxygen atoms in total. The van der Waals surface area contributed by atoms with Crippen molar-refractivity contribution < 1.29 is 15.1 Å². The average Bonchev–Trinajstić information content (AvgIpc) is 2.64. The summed E-state index contributed by atoms with van der Waals surface area (Å²) < 4.78 is 5.71. The van der Waals surface area contributed by atoms with Crippen LogP contribution in [0.1, 0.15) is 56.6 Å². The Labute approximate surface area is 149 Å². The van der Waals surface area contributed by atoms with Crippen molar-refractivity contribution in [3.8, 4) is 11.5 Å². The van der Waals surface area contributed by atoms with Crippen LogP contribution >= 0.6 is 0 Å². The van der Waals surface area contributed by atoms with Crippen LogP contribution in [-0.4, -0.2) is 22.6 Å². The number of phenolic OH excluding ortho intramolecular Hbond substituents is 1. The summed E-state index contributed by atoms with van der Waals surface area (Å²) in [5, 5.41) is 23.0. The minimum absolute atomic E-state index is 0.0390. The summed E-state index contributed by atoms with van der Waals surface area (Å²) in [6.07, 6.45) is 7.26. The third kappa shape index (κ3) is 5.82. The standard InChI is InChI=1S/C21H27NO3/c1-2-3-4-5-6-10-15-25-18-13-14-19(20(23)16-18)21(22-24)17-11-8-7-9-12-17/h7-9,11-14,16,23-24H,2-6,10,15H2,1H3. The van der Waals surface area contributed by atoms with Gasteiger partial charge in [-0.25, -0.2) is 0 Å². The van der Waals surface area contributed by atoms with Crippen LogP contribution < -0.4 is 4.74 Å². The van der Waals surface area contributed by atoms with Crippen molar-refractivity contribution >= 4 is 5.71 Å². The van der Waals surface area contributed by atoms with Crippen molar-refractivity contribution in [2.75, 3.05) is 6.61 Å². The molecule has 0 spiro atoms. The highest BCUT2D eigenvalue weighted by Crippen LogP contribution is 2.26. The van der Waals surface area contributed by atoms with Crippen molar-refractivity contribution in [2.45, 2.75) is 45.4 Å². The van der Waals surface area contributed by atoms with Gasteiger partial charge in [0.25, 0.3) is 0 Å². The molecule has 0 bridgehead atoms. The molecule has 0 aliphatic heterocycles. The Morgan fingerprint density at radius 3 is 2.36 bits per heavy atom. The monoisotopic (exact) mass is 341 g/mol. The van der Waals surface area contributed by atoms with Crippen LogP contribution in [0.5, 0.6) is 11.5 Å². The molecule has 2 N–H and O–H groups in total. The lowest BCUT2D eigenvalue weighted by molar-refractivity contribution is 0.302. The van der Waals surface area contributed by atoms with Gasteiger partial charge in [-0.2, -0.15) is 0 Å². The fourth-order valence-corrected chi connectivity index (χ4v) is 2.74. The molecule has 25 heavy (non-hydrogen) atoms. The molecular weight excluding hydrogens is 314 g/mol. The summed E-state index contributed by atoms with van der Waals surface area (Å²) in [5.41, 5.74) is 1.54. The van der Waals surface area contributed by atoms with Crippen LogP contribution in [0.4, 0.5) is 0 Å². The number of hydrogen-bond acceptors (Lipinski definition) is 4. The molecule has 0 aliphatic rings. The molecule has 134 valence electrons. The maximum Gasteiger partial charge on any atom is 0.128 e. The van der Waals surface area contributed by atoms with E-state index in [-0.39, 0.29) is 5.75 Å². The predicted molar refractivity (Wildman–Crippen MR) is 101 cm³/mol. The van der Waals surface area contributed by atoms with Crippen LogP contribution in [-0.2, 0) is 0 Å². The van der Waals surface area contributed by atoms with Gasteiger partial charge in [-0.05, 0) is 18.6 Å². The lowest BCUT2D eigenvalue weighted by Gasteiger charge is -2.10. The molecule has 0 aromatic heterocycles. The summed E-state index contributed by atoms with van der Waals surface area (Å²) in [7, 11) is 0. The number of unbranched alkanes of at least 4 members (excludes halogenated alkanes) is 5. The highest BCUT2D eigenvalue weighted by Gasteiger charge is 2.13. The molecule has 0 atom stereocenters. The van der Waals surface area contributed by atoms with E-state index in [1.165, 1.54) is 32.1 Å². The van der Waals surface area contributed by atoms with Gasteiger partial charge in [-0.3, -0.25) is 0 Å². The molecule has 2 aromatic carbocycles. The van der Waals surface area contributed by atoms with Crippen LogP contribution in [0.25, 0.3) is 0 Å². The summed E-state index contributed by atoms with van der Waals surface area (Å²) in [6.45, 7) is 2.86. The summed E-state index contributed by atoms with van der Waals surface area (Å²) in [4.78, 5) is 0. The third-order valence-corrected chi connectivity index (χ3v) is 4.14. The first-order valence-corrected chi connectivity index (χ1v) is 9.00. The second kappa shape index (κ2) is 10.4. The largest absolute Gasteiger partial charge is 0.507 e. The molecule has 0 unspecified atom stereocenters. The Bertz CT molecular complexity index is 668. The van der Waals surface area contributed by atoms with Gasteiger partial charge in [0, 0.05) is 17.2 Å². The first-order valence-electron chi connectivity index (χ1n) is 9.00. The Hall–Kier alpha value is -2.49. The van der Waals surface area contributed by atoms with Crippen LogP contribution in [0.15, 0.2) is 53.7 Å². The topological polar surface area (TPSA) is 62.0 Å². The van der Waals surface area contributed by atoms with Gasteiger partial charge in [0.1, 0.15) is 17.2 Å². The van der Waals surface area contributed by atoms with Gasteiger partial charge in [-0.15, -0.1) is 0 Å². The third-order valence-electron chi connectivity index (χ3n) is 4.14. The number of oxime groups is 1.